The van der Waals surface area contributed by atoms with Crippen LogP contribution in [0.4, 0.5) is 0 Å². The highest BCUT2D eigenvalue weighted by Gasteiger charge is 1.76. The first-order chi connectivity index (χ1) is 4.56. The monoisotopic (exact) mass is 165 g/mol. The quantitative estimate of drug-likeness (QED) is 0.412. The van der Waals surface area contributed by atoms with Crippen molar-refractivity contribution >= 4 is 17.6 Å². The van der Waals surface area contributed by atoms with Crippen molar-refractivity contribution in [3.05, 3.63) is 12.2 Å². The Balaban J connectivity index is 0. The Labute approximate surface area is 65.5 Å². The average molecular weight is 166 g/mol. The summed E-state index contributed by atoms with van der Waals surface area (Å²) in [5.74, 6) is -0.505. The van der Waals surface area contributed by atoms with E-state index in [2.05, 4.69) is 12.3 Å². The van der Waals surface area contributed by atoms with E-state index in [4.69, 9.17) is 11.6 Å². The lowest BCUT2D eigenvalue weighted by atomic mass is 10.4. The number of carbonyl (C=O) groups is 1. The highest BCUT2D eigenvalue weighted by molar-refractivity contribution is 6.17. The number of rotatable bonds is 2. The van der Waals surface area contributed by atoms with Crippen LogP contribution < -0.4 is 10.8 Å². The summed E-state index contributed by atoms with van der Waals surface area (Å²) >= 11 is 5.12. The Morgan fingerprint density at radius 2 is 2.00 bits per heavy atom. The van der Waals surface area contributed by atoms with Gasteiger partial charge < -0.3 is 15.6 Å². The number of aliphatic carboxylic acids is 1. The highest BCUT2D eigenvalue weighted by Crippen LogP contribution is 1.77. The molecular weight excluding hydrogens is 154 g/mol. The average Bonchev–Trinajstić information content (AvgIpc) is 1.89. The zero-order valence-electron chi connectivity index (χ0n) is 6.02. The third-order valence-electron chi connectivity index (χ3n) is 0.482. The topological polar surface area (TPSA) is 67.8 Å². The predicted octanol–water partition coefficient (Wildman–Crippen LogP) is -1.22. The molecular formula is C6H12ClNO2. The SMILES string of the molecule is C=C(C)C(=O)[O-].[NH3+]CCCl. The van der Waals surface area contributed by atoms with E-state index in [-0.39, 0.29) is 5.57 Å². The van der Waals surface area contributed by atoms with Gasteiger partial charge in [0.25, 0.3) is 0 Å². The standard InChI is InChI=1S/C4H6O2.C2H6ClN/c1-3(2)4(5)6;3-1-2-4/h1H2,2H3,(H,5,6);1-2,4H2. The molecule has 0 atom stereocenters. The Kier molecular flexibility index (Phi) is 10.3. The minimum absolute atomic E-state index is 0.0648. The van der Waals surface area contributed by atoms with Gasteiger partial charge in [-0.25, -0.2) is 0 Å². The number of halogens is 1. The first-order valence-corrected chi connectivity index (χ1v) is 3.31. The van der Waals surface area contributed by atoms with Crippen LogP contribution in [0.2, 0.25) is 0 Å². The van der Waals surface area contributed by atoms with E-state index in [0.29, 0.717) is 5.88 Å². The minimum Gasteiger partial charge on any atom is -0.545 e. The Morgan fingerprint density at radius 3 is 2.00 bits per heavy atom. The third-order valence-corrected chi connectivity index (χ3v) is 0.749. The normalized spacial score (nSPS) is 7.50. The second-order valence-electron chi connectivity index (χ2n) is 1.61. The van der Waals surface area contributed by atoms with Crippen LogP contribution in [0.1, 0.15) is 6.92 Å². The van der Waals surface area contributed by atoms with Crippen molar-refractivity contribution in [1.82, 2.24) is 0 Å². The number of quaternary nitrogens is 1. The molecule has 0 aliphatic carbocycles. The number of hydrogen-bond donors (Lipinski definition) is 1. The zero-order chi connectivity index (χ0) is 8.57. The van der Waals surface area contributed by atoms with Gasteiger partial charge in [-0.05, 0) is 12.5 Å². The minimum atomic E-state index is -1.19. The number of alkyl halides is 1. The molecule has 0 radical (unpaired) electrons. The van der Waals surface area contributed by atoms with Gasteiger partial charge in [-0.2, -0.15) is 0 Å². The van der Waals surface area contributed by atoms with E-state index in [1.807, 2.05) is 0 Å². The van der Waals surface area contributed by atoms with Crippen molar-refractivity contribution in [2.45, 2.75) is 6.92 Å². The molecule has 0 aliphatic rings. The van der Waals surface area contributed by atoms with Crippen molar-refractivity contribution in [2.24, 2.45) is 0 Å². The number of carboxylic acids is 1. The second-order valence-corrected chi connectivity index (χ2v) is 1.99. The van der Waals surface area contributed by atoms with E-state index in [1.165, 1.54) is 6.92 Å². The molecule has 3 nitrogen and oxygen atoms in total. The molecule has 10 heavy (non-hydrogen) atoms. The summed E-state index contributed by atoms with van der Waals surface area (Å²) in [6.07, 6.45) is 0. The van der Waals surface area contributed by atoms with Gasteiger partial charge in [0.05, 0.1) is 18.4 Å². The molecule has 0 amide bonds. The van der Waals surface area contributed by atoms with Gasteiger partial charge in [-0.15, -0.1) is 11.6 Å². The number of carboxylic acid groups (broad SMARTS) is 1. The lowest BCUT2D eigenvalue weighted by Gasteiger charge is -1.93. The summed E-state index contributed by atoms with van der Waals surface area (Å²) < 4.78 is 0. The van der Waals surface area contributed by atoms with Crippen LogP contribution in [-0.4, -0.2) is 18.4 Å². The molecule has 0 unspecified atom stereocenters. The molecule has 0 aliphatic heterocycles. The smallest absolute Gasteiger partial charge is 0.0877 e. The Bertz CT molecular complexity index is 100. The van der Waals surface area contributed by atoms with Gasteiger partial charge in [0.15, 0.2) is 0 Å². The molecule has 0 saturated heterocycles. The molecule has 4 heteroatoms. The van der Waals surface area contributed by atoms with E-state index >= 15 is 0 Å². The maximum absolute atomic E-state index is 9.49. The fourth-order valence-electron chi connectivity index (χ4n) is 0. The van der Waals surface area contributed by atoms with Crippen molar-refractivity contribution < 1.29 is 15.6 Å². The molecule has 3 N–H and O–H groups in total. The van der Waals surface area contributed by atoms with Crippen LogP contribution >= 0.6 is 11.6 Å². The van der Waals surface area contributed by atoms with Gasteiger partial charge in [-0.3, -0.25) is 0 Å². The van der Waals surface area contributed by atoms with Gasteiger partial charge >= 0.3 is 0 Å². The van der Waals surface area contributed by atoms with Crippen LogP contribution in [-0.2, 0) is 4.79 Å². The summed E-state index contributed by atoms with van der Waals surface area (Å²) in [4.78, 5) is 9.49. The van der Waals surface area contributed by atoms with Crippen LogP contribution in [0.15, 0.2) is 12.2 Å². The molecule has 0 aromatic rings. The number of carbonyl (C=O) groups excluding carboxylic acids is 1. The zero-order valence-corrected chi connectivity index (χ0v) is 6.78. The highest BCUT2D eigenvalue weighted by atomic mass is 35.5. The fourth-order valence-corrected chi connectivity index (χ4v) is 0. The van der Waals surface area contributed by atoms with Crippen molar-refractivity contribution in [2.75, 3.05) is 12.4 Å². The van der Waals surface area contributed by atoms with Gasteiger partial charge in [0.2, 0.25) is 0 Å². The van der Waals surface area contributed by atoms with Gasteiger partial charge in [0, 0.05) is 0 Å². The van der Waals surface area contributed by atoms with E-state index in [1.54, 1.807) is 0 Å². The van der Waals surface area contributed by atoms with Crippen LogP contribution in [0.3, 0.4) is 0 Å². The van der Waals surface area contributed by atoms with E-state index in [9.17, 15) is 9.90 Å². The molecule has 0 fully saturated rings. The van der Waals surface area contributed by atoms with Gasteiger partial charge in [-0.1, -0.05) is 6.58 Å². The lowest BCUT2D eigenvalue weighted by Crippen LogP contribution is -2.51. The molecule has 0 bridgehead atoms. The second kappa shape index (κ2) is 8.46. The summed E-state index contributed by atoms with van der Waals surface area (Å²) in [6.45, 7) is 5.31. The van der Waals surface area contributed by atoms with Gasteiger partial charge in [0.1, 0.15) is 0 Å². The first-order valence-electron chi connectivity index (χ1n) is 2.78. The Morgan fingerprint density at radius 1 is 1.80 bits per heavy atom. The molecule has 0 spiro atoms. The van der Waals surface area contributed by atoms with Crippen LogP contribution in [0.25, 0.3) is 0 Å². The molecule has 60 valence electrons. The van der Waals surface area contributed by atoms with E-state index in [0.717, 1.165) is 6.54 Å². The molecule has 0 rings (SSSR count). The van der Waals surface area contributed by atoms with Crippen LogP contribution in [0, 0.1) is 0 Å². The largest absolute Gasteiger partial charge is 0.545 e. The predicted molar refractivity (Wildman–Crippen MR) is 38.3 cm³/mol. The fraction of sp³-hybridized carbons (Fsp3) is 0.500. The van der Waals surface area contributed by atoms with E-state index < -0.39 is 5.97 Å². The summed E-state index contributed by atoms with van der Waals surface area (Å²) in [5, 5.41) is 9.49. The molecule has 0 saturated carbocycles. The molecule has 0 heterocycles. The summed E-state index contributed by atoms with van der Waals surface area (Å²) in [7, 11) is 0. The summed E-state index contributed by atoms with van der Waals surface area (Å²) in [5.41, 5.74) is 3.54. The first kappa shape index (κ1) is 12.2. The van der Waals surface area contributed by atoms with Crippen molar-refractivity contribution in [3.63, 3.8) is 0 Å². The van der Waals surface area contributed by atoms with Crippen molar-refractivity contribution in [3.8, 4) is 0 Å². The molecule has 0 aromatic carbocycles. The Hall–Kier alpha value is -0.540. The molecule has 0 aromatic heterocycles. The van der Waals surface area contributed by atoms with Crippen LogP contribution in [0.5, 0.6) is 0 Å². The maximum atomic E-state index is 9.49. The maximum Gasteiger partial charge on any atom is 0.0877 e. The summed E-state index contributed by atoms with van der Waals surface area (Å²) in [6, 6.07) is 0. The lowest BCUT2D eigenvalue weighted by molar-refractivity contribution is -0.360. The number of hydrogen-bond acceptors (Lipinski definition) is 2. The van der Waals surface area contributed by atoms with Crippen molar-refractivity contribution in [1.29, 1.82) is 0 Å². The third kappa shape index (κ3) is 15.7.